The van der Waals surface area contributed by atoms with Crippen molar-refractivity contribution in [1.82, 2.24) is 0 Å². The summed E-state index contributed by atoms with van der Waals surface area (Å²) < 4.78 is 43.2. The van der Waals surface area contributed by atoms with Gasteiger partial charge in [0.15, 0.2) is 0 Å². The number of alkyl halides is 3. The summed E-state index contributed by atoms with van der Waals surface area (Å²) in [7, 11) is 0. The van der Waals surface area contributed by atoms with E-state index in [1.807, 2.05) is 0 Å². The molecule has 2 aromatic rings. The summed E-state index contributed by atoms with van der Waals surface area (Å²) in [5.41, 5.74) is -0.491. The molecule has 0 saturated heterocycles. The number of thioether (sulfide) groups is 1. The van der Waals surface area contributed by atoms with Crippen LogP contribution in [0.5, 0.6) is 0 Å². The molecule has 1 aliphatic heterocycles. The van der Waals surface area contributed by atoms with E-state index in [4.69, 9.17) is 4.74 Å². The Kier molecular flexibility index (Phi) is 6.68. The van der Waals surface area contributed by atoms with Crippen molar-refractivity contribution in [3.8, 4) is 0 Å². The van der Waals surface area contributed by atoms with Crippen molar-refractivity contribution < 1.29 is 32.7 Å². The third kappa shape index (κ3) is 5.17. The minimum Gasteiger partial charge on any atom is -0.506 e. The number of carbonyl (C=O) groups excluding carboxylic acids is 1. The van der Waals surface area contributed by atoms with Crippen LogP contribution in [0, 0.1) is 10.1 Å². The smallest absolute Gasteiger partial charge is 0.416 e. The normalized spacial score (nSPS) is 16.6. The predicted molar refractivity (Wildman–Crippen MR) is 113 cm³/mol. The first-order valence-electron chi connectivity index (χ1n) is 9.11. The fourth-order valence-electron chi connectivity index (χ4n) is 2.68. The van der Waals surface area contributed by atoms with Gasteiger partial charge in [-0.05, 0) is 42.8 Å². The van der Waals surface area contributed by atoms with Crippen molar-refractivity contribution >= 4 is 40.2 Å². The number of benzene rings is 2. The Balaban J connectivity index is 1.98. The van der Waals surface area contributed by atoms with Crippen LogP contribution in [-0.2, 0) is 15.7 Å². The molecule has 1 aliphatic rings. The molecule has 1 heterocycles. The number of halogens is 3. The number of carbonyl (C=O) groups is 1. The lowest BCUT2D eigenvalue weighted by Crippen LogP contribution is -2.12. The molecule has 2 aromatic carbocycles. The minimum atomic E-state index is -4.47. The summed E-state index contributed by atoms with van der Waals surface area (Å²) in [4.78, 5) is 27.1. The maximum Gasteiger partial charge on any atom is 0.416 e. The van der Waals surface area contributed by atoms with Gasteiger partial charge in [-0.15, -0.1) is 0 Å². The molecule has 1 N–H and O–H groups in total. The number of aliphatic imine (C=N–C) groups is 1. The summed E-state index contributed by atoms with van der Waals surface area (Å²) in [6.45, 7) is 1.63. The molecular formula is C21H15F3N2O5S. The van der Waals surface area contributed by atoms with Crippen molar-refractivity contribution in [2.45, 2.75) is 13.1 Å². The Labute approximate surface area is 184 Å². The number of aliphatic hydroxyl groups is 1. The second kappa shape index (κ2) is 9.27. The van der Waals surface area contributed by atoms with E-state index < -0.39 is 28.4 Å². The van der Waals surface area contributed by atoms with E-state index in [-0.39, 0.29) is 27.8 Å². The summed E-state index contributed by atoms with van der Waals surface area (Å²) >= 11 is 0.921. The first-order valence-corrected chi connectivity index (χ1v) is 9.93. The Morgan fingerprint density at radius 3 is 2.34 bits per heavy atom. The fraction of sp³-hybridized carbons (Fsp3) is 0.143. The average Bonchev–Trinajstić information content (AvgIpc) is 3.03. The van der Waals surface area contributed by atoms with E-state index in [0.29, 0.717) is 11.3 Å². The molecule has 0 amide bonds. The van der Waals surface area contributed by atoms with Gasteiger partial charge >= 0.3 is 12.1 Å². The molecule has 0 spiro atoms. The molecule has 0 atom stereocenters. The summed E-state index contributed by atoms with van der Waals surface area (Å²) in [6.07, 6.45) is -3.06. The van der Waals surface area contributed by atoms with Crippen molar-refractivity contribution in [2.24, 2.45) is 4.99 Å². The van der Waals surface area contributed by atoms with E-state index in [9.17, 15) is 33.2 Å². The van der Waals surface area contributed by atoms with Gasteiger partial charge in [-0.25, -0.2) is 9.79 Å². The highest BCUT2D eigenvalue weighted by Gasteiger charge is 2.33. The lowest BCUT2D eigenvalue weighted by Gasteiger charge is -2.06. The van der Waals surface area contributed by atoms with Crippen LogP contribution in [0.15, 0.2) is 69.8 Å². The Bertz CT molecular complexity index is 1140. The predicted octanol–water partition coefficient (Wildman–Crippen LogP) is 5.81. The molecule has 0 radical (unpaired) electrons. The molecule has 0 saturated carbocycles. The van der Waals surface area contributed by atoms with Gasteiger partial charge in [-0.3, -0.25) is 10.1 Å². The third-order valence-electron chi connectivity index (χ3n) is 4.20. The Morgan fingerprint density at radius 1 is 1.19 bits per heavy atom. The quantitative estimate of drug-likeness (QED) is 0.341. The van der Waals surface area contributed by atoms with Crippen LogP contribution in [0.2, 0.25) is 0 Å². The molecule has 166 valence electrons. The number of hydrogen-bond acceptors (Lipinski definition) is 7. The molecule has 11 heteroatoms. The molecule has 3 rings (SSSR count). The molecule has 7 nitrogen and oxygen atoms in total. The van der Waals surface area contributed by atoms with Crippen molar-refractivity contribution in [1.29, 1.82) is 0 Å². The van der Waals surface area contributed by atoms with Crippen LogP contribution in [-0.4, -0.2) is 27.6 Å². The van der Waals surface area contributed by atoms with Crippen molar-refractivity contribution in [2.75, 3.05) is 6.61 Å². The summed E-state index contributed by atoms with van der Waals surface area (Å²) in [5.74, 6) is -1.25. The van der Waals surface area contributed by atoms with Crippen molar-refractivity contribution in [3.63, 3.8) is 0 Å². The largest absolute Gasteiger partial charge is 0.506 e. The number of nitro groups is 1. The number of aliphatic hydroxyl groups excluding tert-OH is 1. The van der Waals surface area contributed by atoms with Crippen LogP contribution >= 0.6 is 11.8 Å². The van der Waals surface area contributed by atoms with Gasteiger partial charge in [0.2, 0.25) is 0 Å². The first-order chi connectivity index (χ1) is 15.1. The van der Waals surface area contributed by atoms with E-state index in [2.05, 4.69) is 4.99 Å². The zero-order valence-corrected chi connectivity index (χ0v) is 17.2. The lowest BCUT2D eigenvalue weighted by atomic mass is 10.1. The maximum atomic E-state index is 12.8. The van der Waals surface area contributed by atoms with E-state index in [1.54, 1.807) is 6.92 Å². The molecule has 0 aromatic heterocycles. The van der Waals surface area contributed by atoms with Gasteiger partial charge in [0, 0.05) is 12.1 Å². The standard InChI is InChI=1S/C21H15F3N2O5S/c1-2-31-20(28)17-18(27)16(11-12-3-5-13(6-4-12)21(22,23)24)32-19(17)25-14-7-9-15(10-8-14)26(29)30/h3-11,27H,2H2,1H3/b16-11-,25-19?. The van der Waals surface area contributed by atoms with Gasteiger partial charge in [0.25, 0.3) is 5.69 Å². The highest BCUT2D eigenvalue weighted by molar-refractivity contribution is 8.18. The number of non-ortho nitro benzene ring substituents is 1. The molecule has 0 unspecified atom stereocenters. The highest BCUT2D eigenvalue weighted by Crippen LogP contribution is 2.40. The van der Waals surface area contributed by atoms with E-state index in [0.717, 1.165) is 23.9 Å². The van der Waals surface area contributed by atoms with Crippen molar-refractivity contribution in [3.05, 3.63) is 86.0 Å². The number of rotatable bonds is 5. The van der Waals surface area contributed by atoms with Gasteiger partial charge in [-0.1, -0.05) is 23.9 Å². The number of hydrogen-bond donors (Lipinski definition) is 1. The fourth-order valence-corrected chi connectivity index (χ4v) is 3.71. The van der Waals surface area contributed by atoms with Crippen LogP contribution < -0.4 is 0 Å². The second-order valence-corrected chi connectivity index (χ2v) is 7.40. The molecule has 0 bridgehead atoms. The molecule has 0 fully saturated rings. The van der Waals surface area contributed by atoms with E-state index in [1.165, 1.54) is 42.5 Å². The first kappa shape index (κ1) is 23.1. The number of nitro benzene ring substituents is 1. The minimum absolute atomic E-state index is 0.0447. The van der Waals surface area contributed by atoms with Crippen LogP contribution in [0.25, 0.3) is 6.08 Å². The zero-order chi connectivity index (χ0) is 23.5. The highest BCUT2D eigenvalue weighted by atomic mass is 32.2. The van der Waals surface area contributed by atoms with Crippen LogP contribution in [0.3, 0.4) is 0 Å². The molecular weight excluding hydrogens is 449 g/mol. The molecule has 32 heavy (non-hydrogen) atoms. The number of esters is 1. The topological polar surface area (TPSA) is 102 Å². The van der Waals surface area contributed by atoms with Gasteiger partial charge < -0.3 is 9.84 Å². The van der Waals surface area contributed by atoms with Crippen LogP contribution in [0.1, 0.15) is 18.1 Å². The maximum absolute atomic E-state index is 12.8. The van der Waals surface area contributed by atoms with Gasteiger partial charge in [-0.2, -0.15) is 13.2 Å². The summed E-state index contributed by atoms with van der Waals surface area (Å²) in [6, 6.07) is 9.53. The monoisotopic (exact) mass is 464 g/mol. The average molecular weight is 464 g/mol. The lowest BCUT2D eigenvalue weighted by molar-refractivity contribution is -0.384. The van der Waals surface area contributed by atoms with Gasteiger partial charge in [0.1, 0.15) is 16.4 Å². The third-order valence-corrected chi connectivity index (χ3v) is 5.22. The Morgan fingerprint density at radius 2 is 1.81 bits per heavy atom. The zero-order valence-electron chi connectivity index (χ0n) is 16.4. The summed E-state index contributed by atoms with van der Waals surface area (Å²) in [5, 5.41) is 21.5. The SMILES string of the molecule is CCOC(=O)C1=C(O)/C(=C/c2ccc(C(F)(F)F)cc2)SC1=Nc1ccc([N+](=O)[O-])cc1. The molecule has 0 aliphatic carbocycles. The van der Waals surface area contributed by atoms with E-state index >= 15 is 0 Å². The number of nitrogens with zero attached hydrogens (tertiary/aromatic N) is 2. The van der Waals surface area contributed by atoms with Gasteiger partial charge in [0.05, 0.1) is 27.7 Å². The van der Waals surface area contributed by atoms with Crippen LogP contribution in [0.4, 0.5) is 24.5 Å². The Hall–Kier alpha value is -3.60. The second-order valence-electron chi connectivity index (χ2n) is 6.36. The number of ether oxygens (including phenoxy) is 1.